The minimum atomic E-state index is -3.47. The van der Waals surface area contributed by atoms with Gasteiger partial charge in [-0.05, 0) is 25.2 Å². The molecule has 5 N–H and O–H groups in total. The Morgan fingerprint density at radius 3 is 2.85 bits per heavy atom. The summed E-state index contributed by atoms with van der Waals surface area (Å²) in [6, 6.07) is 4.56. The highest BCUT2D eigenvalue weighted by atomic mass is 32.2. The third kappa shape index (κ3) is 3.28. The average molecular weight is 295 g/mol. The molecule has 0 radical (unpaired) electrons. The minimum absolute atomic E-state index is 0.176. The minimum Gasteiger partial charge on any atom is -0.397 e. The molecular weight excluding hydrogens is 278 g/mol. The van der Waals surface area contributed by atoms with Gasteiger partial charge in [-0.25, -0.2) is 18.1 Å². The second-order valence-electron chi connectivity index (χ2n) is 4.17. The fourth-order valence-corrected chi connectivity index (χ4v) is 2.48. The Kier molecular flexibility index (Phi) is 4.26. The Hall–Kier alpha value is -2.06. The molecule has 0 fully saturated rings. The lowest BCUT2D eigenvalue weighted by Crippen LogP contribution is -2.19. The Balaban J connectivity index is 2.09. The van der Waals surface area contributed by atoms with E-state index < -0.39 is 10.0 Å². The largest absolute Gasteiger partial charge is 0.397 e. The maximum Gasteiger partial charge on any atom is 0.240 e. The van der Waals surface area contributed by atoms with Crippen LogP contribution in [0.4, 0.5) is 11.4 Å². The molecule has 0 aliphatic rings. The van der Waals surface area contributed by atoms with Crippen LogP contribution in [0.15, 0.2) is 35.5 Å². The van der Waals surface area contributed by atoms with Crippen LogP contribution < -0.4 is 15.8 Å². The number of sulfonamides is 1. The molecule has 0 spiro atoms. The lowest BCUT2D eigenvalue weighted by Gasteiger charge is -2.11. The van der Waals surface area contributed by atoms with Gasteiger partial charge in [-0.3, -0.25) is 0 Å². The van der Waals surface area contributed by atoms with Gasteiger partial charge in [-0.1, -0.05) is 0 Å². The number of nitrogens with zero attached hydrogens (tertiary/aromatic N) is 1. The standard InChI is InChI=1S/C12H17N5O2S/c1-14-20(18,19)9-2-3-10(13)11(8-9)15-5-4-12-16-6-7-17-12/h2-3,6-8,14-15H,4-5,13H2,1H3,(H,16,17). The van der Waals surface area contributed by atoms with E-state index >= 15 is 0 Å². The smallest absolute Gasteiger partial charge is 0.240 e. The summed E-state index contributed by atoms with van der Waals surface area (Å²) in [5, 5.41) is 3.11. The van der Waals surface area contributed by atoms with Crippen LogP contribution in [0, 0.1) is 0 Å². The molecular formula is C12H17N5O2S. The molecule has 0 atom stereocenters. The quantitative estimate of drug-likeness (QED) is 0.581. The van der Waals surface area contributed by atoms with Crippen molar-refractivity contribution in [1.29, 1.82) is 0 Å². The highest BCUT2D eigenvalue weighted by Gasteiger charge is 2.13. The predicted octanol–water partition coefficient (Wildman–Crippen LogP) is 0.555. The van der Waals surface area contributed by atoms with Crippen LogP contribution in [0.25, 0.3) is 0 Å². The van der Waals surface area contributed by atoms with E-state index in [1.807, 2.05) is 0 Å². The second-order valence-corrected chi connectivity index (χ2v) is 6.06. The summed E-state index contributed by atoms with van der Waals surface area (Å²) in [5.74, 6) is 0.857. The van der Waals surface area contributed by atoms with Crippen LogP contribution in [0.1, 0.15) is 5.82 Å². The summed E-state index contributed by atoms with van der Waals surface area (Å²) in [7, 11) is -2.10. The van der Waals surface area contributed by atoms with Crippen LogP contribution >= 0.6 is 0 Å². The summed E-state index contributed by atoms with van der Waals surface area (Å²) < 4.78 is 25.7. The number of nitrogens with one attached hydrogen (secondary N) is 3. The summed E-state index contributed by atoms with van der Waals surface area (Å²) in [5.41, 5.74) is 6.92. The molecule has 0 saturated heterocycles. The molecule has 0 unspecified atom stereocenters. The number of anilines is 2. The summed E-state index contributed by atoms with van der Waals surface area (Å²) in [6.07, 6.45) is 4.13. The lowest BCUT2D eigenvalue weighted by molar-refractivity contribution is 0.588. The zero-order valence-corrected chi connectivity index (χ0v) is 11.9. The van der Waals surface area contributed by atoms with Crippen molar-refractivity contribution >= 4 is 21.4 Å². The number of hydrogen-bond donors (Lipinski definition) is 4. The van der Waals surface area contributed by atoms with Gasteiger partial charge in [0.15, 0.2) is 0 Å². The molecule has 0 aliphatic carbocycles. The molecule has 8 heteroatoms. The highest BCUT2D eigenvalue weighted by Crippen LogP contribution is 2.22. The highest BCUT2D eigenvalue weighted by molar-refractivity contribution is 7.89. The molecule has 2 aromatic rings. The van der Waals surface area contributed by atoms with Crippen molar-refractivity contribution in [3.05, 3.63) is 36.4 Å². The first-order chi connectivity index (χ1) is 9.53. The van der Waals surface area contributed by atoms with E-state index in [9.17, 15) is 8.42 Å². The third-order valence-corrected chi connectivity index (χ3v) is 4.25. The number of imidazole rings is 1. The monoisotopic (exact) mass is 295 g/mol. The van der Waals surface area contributed by atoms with E-state index in [4.69, 9.17) is 5.73 Å². The van der Waals surface area contributed by atoms with Gasteiger partial charge in [0.25, 0.3) is 0 Å². The summed E-state index contributed by atoms with van der Waals surface area (Å²) >= 11 is 0. The zero-order valence-electron chi connectivity index (χ0n) is 11.1. The Labute approximate surface area is 117 Å². The number of aromatic amines is 1. The molecule has 1 aromatic heterocycles. The zero-order chi connectivity index (χ0) is 14.6. The topological polar surface area (TPSA) is 113 Å². The van der Waals surface area contributed by atoms with Crippen molar-refractivity contribution in [1.82, 2.24) is 14.7 Å². The van der Waals surface area contributed by atoms with E-state index in [2.05, 4.69) is 20.0 Å². The SMILES string of the molecule is CNS(=O)(=O)c1ccc(N)c(NCCc2ncc[nH]2)c1. The van der Waals surface area contributed by atoms with E-state index in [-0.39, 0.29) is 4.90 Å². The van der Waals surface area contributed by atoms with Crippen LogP contribution in [-0.4, -0.2) is 32.0 Å². The van der Waals surface area contributed by atoms with Crippen molar-refractivity contribution in [3.8, 4) is 0 Å². The molecule has 108 valence electrons. The summed E-state index contributed by atoms with van der Waals surface area (Å²) in [6.45, 7) is 0.598. The van der Waals surface area contributed by atoms with E-state index in [0.29, 0.717) is 24.3 Å². The van der Waals surface area contributed by atoms with Crippen molar-refractivity contribution in [2.75, 3.05) is 24.6 Å². The fraction of sp³-hybridized carbons (Fsp3) is 0.250. The first-order valence-electron chi connectivity index (χ1n) is 6.08. The number of hydrogen-bond acceptors (Lipinski definition) is 5. The van der Waals surface area contributed by atoms with Crippen molar-refractivity contribution in [2.45, 2.75) is 11.3 Å². The number of rotatable bonds is 6. The van der Waals surface area contributed by atoms with Gasteiger partial charge in [0, 0.05) is 25.4 Å². The van der Waals surface area contributed by atoms with Gasteiger partial charge in [0.2, 0.25) is 10.0 Å². The molecule has 2 rings (SSSR count). The fourth-order valence-electron chi connectivity index (χ4n) is 1.72. The molecule has 0 amide bonds. The Bertz CT molecular complexity index is 667. The van der Waals surface area contributed by atoms with Crippen molar-refractivity contribution in [2.24, 2.45) is 0 Å². The van der Waals surface area contributed by atoms with Crippen LogP contribution in [0.2, 0.25) is 0 Å². The molecule has 20 heavy (non-hydrogen) atoms. The van der Waals surface area contributed by atoms with Crippen LogP contribution in [0.5, 0.6) is 0 Å². The summed E-state index contributed by atoms with van der Waals surface area (Å²) in [4.78, 5) is 7.28. The molecule has 0 bridgehead atoms. The van der Waals surface area contributed by atoms with E-state index in [1.54, 1.807) is 18.5 Å². The predicted molar refractivity (Wildman–Crippen MR) is 77.9 cm³/mol. The maximum atomic E-state index is 11.7. The van der Waals surface area contributed by atoms with Crippen molar-refractivity contribution < 1.29 is 8.42 Å². The first kappa shape index (κ1) is 14.4. The normalized spacial score (nSPS) is 11.4. The lowest BCUT2D eigenvalue weighted by atomic mass is 10.2. The second kappa shape index (κ2) is 5.93. The molecule has 1 aromatic carbocycles. The molecule has 0 saturated carbocycles. The number of nitrogen functional groups attached to an aromatic ring is 1. The maximum absolute atomic E-state index is 11.7. The number of nitrogens with two attached hydrogens (primary N) is 1. The van der Waals surface area contributed by atoms with Gasteiger partial charge in [-0.15, -0.1) is 0 Å². The number of H-pyrrole nitrogens is 1. The number of aromatic nitrogens is 2. The van der Waals surface area contributed by atoms with Gasteiger partial charge in [-0.2, -0.15) is 0 Å². The van der Waals surface area contributed by atoms with Gasteiger partial charge < -0.3 is 16.0 Å². The molecule has 7 nitrogen and oxygen atoms in total. The van der Waals surface area contributed by atoms with Gasteiger partial charge in [0.05, 0.1) is 16.3 Å². The van der Waals surface area contributed by atoms with Crippen LogP contribution in [-0.2, 0) is 16.4 Å². The average Bonchev–Trinajstić information content (AvgIpc) is 2.94. The molecule has 0 aliphatic heterocycles. The Morgan fingerprint density at radius 1 is 1.40 bits per heavy atom. The van der Waals surface area contributed by atoms with E-state index in [0.717, 1.165) is 5.82 Å². The van der Waals surface area contributed by atoms with Gasteiger partial charge in [0.1, 0.15) is 5.82 Å². The van der Waals surface area contributed by atoms with Crippen LogP contribution in [0.3, 0.4) is 0 Å². The molecule has 1 heterocycles. The van der Waals surface area contributed by atoms with E-state index in [1.165, 1.54) is 19.2 Å². The third-order valence-electron chi connectivity index (χ3n) is 2.84. The van der Waals surface area contributed by atoms with Crippen molar-refractivity contribution in [3.63, 3.8) is 0 Å². The first-order valence-corrected chi connectivity index (χ1v) is 7.56. The Morgan fingerprint density at radius 2 is 2.20 bits per heavy atom. The number of benzene rings is 1. The van der Waals surface area contributed by atoms with Gasteiger partial charge >= 0.3 is 0 Å².